The van der Waals surface area contributed by atoms with Crippen LogP contribution in [0.15, 0.2) is 42.5 Å². The minimum Gasteiger partial charge on any atom is -0.495 e. The van der Waals surface area contributed by atoms with Crippen LogP contribution in [0.2, 0.25) is 0 Å². The van der Waals surface area contributed by atoms with E-state index >= 15 is 0 Å². The van der Waals surface area contributed by atoms with Crippen molar-refractivity contribution in [3.8, 4) is 5.75 Å². The fraction of sp³-hybridized carbons (Fsp3) is 0.125. The van der Waals surface area contributed by atoms with Crippen molar-refractivity contribution in [1.29, 1.82) is 0 Å². The van der Waals surface area contributed by atoms with E-state index in [9.17, 15) is 14.0 Å². The van der Waals surface area contributed by atoms with Gasteiger partial charge in [-0.15, -0.1) is 0 Å². The number of hydrogen-bond donors (Lipinski definition) is 2. The summed E-state index contributed by atoms with van der Waals surface area (Å²) in [5, 5.41) is 5.17. The average Bonchev–Trinajstić information content (AvgIpc) is 2.46. The number of carbonyl (C=O) groups excluding carboxylic acids is 2. The van der Waals surface area contributed by atoms with E-state index in [0.29, 0.717) is 22.7 Å². The second-order valence-corrected chi connectivity index (χ2v) is 4.56. The first kappa shape index (κ1) is 15.5. The molecule has 114 valence electrons. The summed E-state index contributed by atoms with van der Waals surface area (Å²) in [7, 11) is 1.47. The Kier molecular flexibility index (Phi) is 4.73. The summed E-state index contributed by atoms with van der Waals surface area (Å²) in [6, 6.07) is 10.2. The Morgan fingerprint density at radius 2 is 1.86 bits per heavy atom. The Balaban J connectivity index is 2.24. The fourth-order valence-electron chi connectivity index (χ4n) is 1.91. The molecule has 0 aliphatic heterocycles. The number of carbonyl (C=O) groups is 2. The van der Waals surface area contributed by atoms with Crippen LogP contribution in [0.25, 0.3) is 0 Å². The van der Waals surface area contributed by atoms with Gasteiger partial charge in [-0.25, -0.2) is 4.39 Å². The highest BCUT2D eigenvalue weighted by Crippen LogP contribution is 2.26. The van der Waals surface area contributed by atoms with Gasteiger partial charge in [-0.3, -0.25) is 9.59 Å². The third-order valence-electron chi connectivity index (χ3n) is 2.85. The lowest BCUT2D eigenvalue weighted by Crippen LogP contribution is -2.13. The van der Waals surface area contributed by atoms with Crippen LogP contribution in [0.3, 0.4) is 0 Å². The second kappa shape index (κ2) is 6.71. The number of benzene rings is 2. The van der Waals surface area contributed by atoms with Crippen LogP contribution in [0.1, 0.15) is 17.3 Å². The van der Waals surface area contributed by atoms with Crippen LogP contribution in [0.5, 0.6) is 5.75 Å². The highest BCUT2D eigenvalue weighted by Gasteiger charge is 2.11. The van der Waals surface area contributed by atoms with Crippen molar-refractivity contribution in [3.63, 3.8) is 0 Å². The van der Waals surface area contributed by atoms with E-state index in [4.69, 9.17) is 4.74 Å². The third kappa shape index (κ3) is 3.82. The number of halogens is 1. The molecule has 0 spiro atoms. The molecule has 0 heterocycles. The van der Waals surface area contributed by atoms with Gasteiger partial charge in [0.15, 0.2) is 0 Å². The van der Waals surface area contributed by atoms with Crippen LogP contribution >= 0.6 is 0 Å². The van der Waals surface area contributed by atoms with Crippen LogP contribution in [-0.2, 0) is 4.79 Å². The summed E-state index contributed by atoms with van der Waals surface area (Å²) in [6.07, 6.45) is 0. The van der Waals surface area contributed by atoms with E-state index in [1.165, 1.54) is 38.3 Å². The smallest absolute Gasteiger partial charge is 0.255 e. The van der Waals surface area contributed by atoms with Crippen molar-refractivity contribution < 1.29 is 18.7 Å². The molecule has 0 aliphatic carbocycles. The Labute approximate surface area is 127 Å². The lowest BCUT2D eigenvalue weighted by molar-refractivity contribution is -0.114. The largest absolute Gasteiger partial charge is 0.495 e. The molecule has 0 radical (unpaired) electrons. The molecule has 2 aromatic rings. The van der Waals surface area contributed by atoms with Crippen LogP contribution in [0, 0.1) is 5.82 Å². The summed E-state index contributed by atoms with van der Waals surface area (Å²) in [5.41, 5.74) is 1.05. The first-order chi connectivity index (χ1) is 10.5. The fourth-order valence-corrected chi connectivity index (χ4v) is 1.91. The maximum atomic E-state index is 13.1. The zero-order chi connectivity index (χ0) is 16.1. The molecule has 0 saturated heterocycles. The van der Waals surface area contributed by atoms with Crippen molar-refractivity contribution in [2.24, 2.45) is 0 Å². The number of anilines is 2. The van der Waals surface area contributed by atoms with Gasteiger partial charge in [-0.1, -0.05) is 6.07 Å². The maximum absolute atomic E-state index is 13.1. The molecule has 5 nitrogen and oxygen atoms in total. The SMILES string of the molecule is COc1ccc(C(=O)Nc2cccc(F)c2)cc1NC(C)=O. The number of ether oxygens (including phenoxy) is 1. The number of hydrogen-bond acceptors (Lipinski definition) is 3. The minimum atomic E-state index is -0.438. The summed E-state index contributed by atoms with van der Waals surface area (Å²) < 4.78 is 18.2. The highest BCUT2D eigenvalue weighted by molar-refractivity contribution is 6.05. The Bertz CT molecular complexity index is 716. The normalized spacial score (nSPS) is 9.95. The highest BCUT2D eigenvalue weighted by atomic mass is 19.1. The van der Waals surface area contributed by atoms with Gasteiger partial charge in [0.2, 0.25) is 5.91 Å². The van der Waals surface area contributed by atoms with Crippen LogP contribution < -0.4 is 15.4 Å². The van der Waals surface area contributed by atoms with Gasteiger partial charge < -0.3 is 15.4 Å². The third-order valence-corrected chi connectivity index (χ3v) is 2.85. The predicted octanol–water partition coefficient (Wildman–Crippen LogP) is 3.05. The van der Waals surface area contributed by atoms with Crippen molar-refractivity contribution in [1.82, 2.24) is 0 Å². The molecule has 0 unspecified atom stereocenters. The van der Waals surface area contributed by atoms with E-state index in [1.54, 1.807) is 18.2 Å². The lowest BCUT2D eigenvalue weighted by Gasteiger charge is -2.11. The molecule has 0 saturated carbocycles. The summed E-state index contributed by atoms with van der Waals surface area (Å²) in [6.45, 7) is 1.36. The standard InChI is InChI=1S/C16H15FN2O3/c1-10(20)18-14-8-11(6-7-15(14)22-2)16(21)19-13-5-3-4-12(17)9-13/h3-9H,1-2H3,(H,18,20)(H,19,21). The quantitative estimate of drug-likeness (QED) is 0.912. The van der Waals surface area contributed by atoms with E-state index < -0.39 is 11.7 Å². The Hall–Kier alpha value is -2.89. The second-order valence-electron chi connectivity index (χ2n) is 4.56. The molecule has 0 fully saturated rings. The molecular formula is C16H15FN2O3. The first-order valence-electron chi connectivity index (χ1n) is 6.52. The zero-order valence-corrected chi connectivity index (χ0v) is 12.1. The molecular weight excluding hydrogens is 287 g/mol. The van der Waals surface area contributed by atoms with Gasteiger partial charge >= 0.3 is 0 Å². The van der Waals surface area contributed by atoms with E-state index in [0.717, 1.165) is 0 Å². The molecule has 0 bridgehead atoms. The molecule has 0 aromatic heterocycles. The zero-order valence-electron chi connectivity index (χ0n) is 12.1. The van der Waals surface area contributed by atoms with Gasteiger partial charge in [-0.05, 0) is 36.4 Å². The lowest BCUT2D eigenvalue weighted by atomic mass is 10.1. The molecule has 0 aliphatic rings. The summed E-state index contributed by atoms with van der Waals surface area (Å²) >= 11 is 0. The van der Waals surface area contributed by atoms with Crippen molar-refractivity contribution in [2.45, 2.75) is 6.92 Å². The van der Waals surface area contributed by atoms with E-state index in [2.05, 4.69) is 10.6 Å². The van der Waals surface area contributed by atoms with Gasteiger partial charge in [0.05, 0.1) is 12.8 Å². The first-order valence-corrected chi connectivity index (χ1v) is 6.52. The van der Waals surface area contributed by atoms with Gasteiger partial charge in [0.25, 0.3) is 5.91 Å². The van der Waals surface area contributed by atoms with Gasteiger partial charge in [0.1, 0.15) is 11.6 Å². The summed E-state index contributed by atoms with van der Waals surface area (Å²) in [4.78, 5) is 23.4. The van der Waals surface area contributed by atoms with Crippen molar-refractivity contribution in [3.05, 3.63) is 53.8 Å². The van der Waals surface area contributed by atoms with E-state index in [1.807, 2.05) is 0 Å². The van der Waals surface area contributed by atoms with E-state index in [-0.39, 0.29) is 5.91 Å². The van der Waals surface area contributed by atoms with Crippen molar-refractivity contribution in [2.75, 3.05) is 17.7 Å². The Morgan fingerprint density at radius 3 is 2.50 bits per heavy atom. The molecule has 2 N–H and O–H groups in total. The molecule has 0 atom stereocenters. The van der Waals surface area contributed by atoms with Gasteiger partial charge in [0, 0.05) is 18.2 Å². The topological polar surface area (TPSA) is 67.4 Å². The number of methoxy groups -OCH3 is 1. The van der Waals surface area contributed by atoms with Crippen LogP contribution in [0.4, 0.5) is 15.8 Å². The maximum Gasteiger partial charge on any atom is 0.255 e. The molecule has 2 aromatic carbocycles. The number of nitrogens with one attached hydrogen (secondary N) is 2. The predicted molar refractivity (Wildman–Crippen MR) is 81.7 cm³/mol. The number of amides is 2. The molecule has 2 amide bonds. The Morgan fingerprint density at radius 1 is 1.09 bits per heavy atom. The van der Waals surface area contributed by atoms with Gasteiger partial charge in [-0.2, -0.15) is 0 Å². The van der Waals surface area contributed by atoms with Crippen molar-refractivity contribution >= 4 is 23.2 Å². The average molecular weight is 302 g/mol. The molecule has 22 heavy (non-hydrogen) atoms. The molecule has 2 rings (SSSR count). The summed E-state index contributed by atoms with van der Waals surface area (Å²) in [5.74, 6) is -0.690. The molecule has 6 heteroatoms. The minimum absolute atomic E-state index is 0.277. The van der Waals surface area contributed by atoms with Crippen LogP contribution in [-0.4, -0.2) is 18.9 Å². The monoisotopic (exact) mass is 302 g/mol. The number of rotatable bonds is 4.